The molecule has 4 aromatic rings. The summed E-state index contributed by atoms with van der Waals surface area (Å²) in [5.41, 5.74) is 5.76. The van der Waals surface area contributed by atoms with E-state index in [4.69, 9.17) is 5.84 Å². The van der Waals surface area contributed by atoms with Crippen LogP contribution in [0.4, 0.5) is 17.1 Å². The molecule has 0 saturated carbocycles. The molecule has 1 aromatic heterocycles. The maximum atomic E-state index is 12.0. The lowest BCUT2D eigenvalue weighted by molar-refractivity contribution is -0.662. The summed E-state index contributed by atoms with van der Waals surface area (Å²) in [5, 5.41) is 24.9. The summed E-state index contributed by atoms with van der Waals surface area (Å²) in [5.74, 6) is 3.95. The predicted molar refractivity (Wildman–Crippen MR) is 152 cm³/mol. The zero-order valence-corrected chi connectivity index (χ0v) is 22.4. The lowest BCUT2D eigenvalue weighted by Gasteiger charge is -2.14. The second kappa shape index (κ2) is 10.8. The minimum absolute atomic E-state index is 0.0532. The molecule has 5 rings (SSSR count). The predicted octanol–water partition coefficient (Wildman–Crippen LogP) is 4.63. The Labute approximate surface area is 233 Å². The van der Waals surface area contributed by atoms with Crippen molar-refractivity contribution >= 4 is 51.7 Å². The number of carbonyl (C=O) groups is 1. The summed E-state index contributed by atoms with van der Waals surface area (Å²) in [4.78, 5) is 37.0. The smallest absolute Gasteiger partial charge is 0.273 e. The number of non-ortho nitro benzene ring substituents is 1. The van der Waals surface area contributed by atoms with E-state index in [1.165, 1.54) is 23.9 Å². The van der Waals surface area contributed by atoms with Crippen molar-refractivity contribution in [2.75, 3.05) is 11.9 Å². The van der Waals surface area contributed by atoms with E-state index < -0.39 is 21.7 Å². The first kappa shape index (κ1) is 26.8. The van der Waals surface area contributed by atoms with E-state index in [-0.39, 0.29) is 16.9 Å². The lowest BCUT2D eigenvalue weighted by atomic mass is 9.97. The topological polar surface area (TPSA) is 149 Å². The second-order valence-electron chi connectivity index (χ2n) is 9.35. The third-order valence-corrected chi connectivity index (χ3v) is 8.09. The molecule has 0 aliphatic carbocycles. The van der Waals surface area contributed by atoms with Crippen LogP contribution in [0.25, 0.3) is 17.0 Å². The standard InChI is InChI=1S/C28H24N6O5S/c1-17(28(35)30-29)21-9-7-18(13-25(21)34(38)39)16-32-12-11-19(22-5-3-4-6-23(22)32)14-27-31(2)24-10-8-20(33(36)37)15-26(24)40-27/h3-15,17H,16,29H2,1-2H3/p+1. The van der Waals surface area contributed by atoms with Crippen LogP contribution in [0.3, 0.4) is 0 Å². The number of amides is 1. The van der Waals surface area contributed by atoms with Gasteiger partial charge in [-0.15, -0.1) is 0 Å². The molecule has 1 atom stereocenters. The number of fused-ring (bicyclic) bond motifs is 2. The molecule has 3 aromatic carbocycles. The highest BCUT2D eigenvalue weighted by atomic mass is 32.2. The fraction of sp³-hybridized carbons (Fsp3) is 0.143. The molecule has 0 radical (unpaired) electrons. The zero-order valence-electron chi connectivity index (χ0n) is 21.6. The second-order valence-corrected chi connectivity index (χ2v) is 10.4. The number of nitro groups is 2. The Balaban J connectivity index is 1.49. The van der Waals surface area contributed by atoms with Gasteiger partial charge in [0.05, 0.1) is 31.9 Å². The lowest BCUT2D eigenvalue weighted by Crippen LogP contribution is -2.35. The Hall–Kier alpha value is -4.81. The highest BCUT2D eigenvalue weighted by Gasteiger charge is 2.27. The molecule has 1 aliphatic heterocycles. The number of para-hydroxylation sites is 1. The van der Waals surface area contributed by atoms with Gasteiger partial charge in [0.2, 0.25) is 11.4 Å². The quantitative estimate of drug-likeness (QED) is 0.110. The summed E-state index contributed by atoms with van der Waals surface area (Å²) >= 11 is 1.47. The number of hydrogen-bond donors (Lipinski definition) is 2. The summed E-state index contributed by atoms with van der Waals surface area (Å²) in [6, 6.07) is 19.6. The number of rotatable bonds is 7. The van der Waals surface area contributed by atoms with Crippen molar-refractivity contribution in [2.24, 2.45) is 5.84 Å². The molecular weight excluding hydrogens is 532 g/mol. The Morgan fingerprint density at radius 1 is 1.10 bits per heavy atom. The van der Waals surface area contributed by atoms with Gasteiger partial charge in [-0.25, -0.2) is 5.84 Å². The minimum atomic E-state index is -0.774. The van der Waals surface area contributed by atoms with Crippen LogP contribution in [0.2, 0.25) is 0 Å². The highest BCUT2D eigenvalue weighted by Crippen LogP contribution is 2.47. The molecule has 1 amide bonds. The Bertz CT molecular complexity index is 1720. The third-order valence-electron chi connectivity index (χ3n) is 6.94. The minimum Gasteiger partial charge on any atom is -0.338 e. The van der Waals surface area contributed by atoms with Crippen molar-refractivity contribution in [3.05, 3.63) is 115 Å². The Morgan fingerprint density at radius 2 is 1.88 bits per heavy atom. The number of hydrazine groups is 1. The molecule has 12 heteroatoms. The van der Waals surface area contributed by atoms with Crippen molar-refractivity contribution in [2.45, 2.75) is 24.3 Å². The number of benzene rings is 3. The molecule has 2 heterocycles. The van der Waals surface area contributed by atoms with Gasteiger partial charge in [0, 0.05) is 53.4 Å². The average molecular weight is 558 g/mol. The number of anilines is 1. The molecule has 0 spiro atoms. The number of nitrogens with one attached hydrogen (secondary N) is 1. The van der Waals surface area contributed by atoms with Gasteiger partial charge in [-0.1, -0.05) is 36.0 Å². The van der Waals surface area contributed by atoms with Crippen LogP contribution >= 0.6 is 11.8 Å². The summed E-state index contributed by atoms with van der Waals surface area (Å²) < 4.78 is 2.01. The van der Waals surface area contributed by atoms with Crippen LogP contribution in [0.15, 0.2) is 82.9 Å². The number of nitro benzene ring substituents is 2. The van der Waals surface area contributed by atoms with E-state index in [2.05, 4.69) is 0 Å². The van der Waals surface area contributed by atoms with Gasteiger partial charge in [-0.05, 0) is 30.7 Å². The van der Waals surface area contributed by atoms with Gasteiger partial charge in [0.1, 0.15) is 0 Å². The van der Waals surface area contributed by atoms with Gasteiger partial charge < -0.3 is 4.90 Å². The van der Waals surface area contributed by atoms with Crippen molar-refractivity contribution in [1.82, 2.24) is 5.43 Å². The number of thioether (sulfide) groups is 1. The molecule has 1 aliphatic rings. The first-order valence-corrected chi connectivity index (χ1v) is 13.1. The SMILES string of the molecule is CC(C(=O)NN)c1ccc(C[n+]2ccc(/C=C3\Sc4cc([N+](=O)[O-])ccc4N3C)c3ccccc32)cc1[N+](=O)[O-]. The molecule has 11 nitrogen and oxygen atoms in total. The van der Waals surface area contributed by atoms with Crippen LogP contribution < -0.4 is 20.7 Å². The van der Waals surface area contributed by atoms with E-state index in [0.29, 0.717) is 12.1 Å². The van der Waals surface area contributed by atoms with Crippen LogP contribution in [-0.2, 0) is 11.3 Å². The molecule has 0 fully saturated rings. The van der Waals surface area contributed by atoms with Crippen molar-refractivity contribution in [3.63, 3.8) is 0 Å². The number of carbonyl (C=O) groups excluding carboxylic acids is 1. The van der Waals surface area contributed by atoms with Gasteiger partial charge in [-0.2, -0.15) is 4.57 Å². The normalized spacial score (nSPS) is 14.3. The maximum Gasteiger partial charge on any atom is 0.273 e. The van der Waals surface area contributed by atoms with Crippen LogP contribution in [0.5, 0.6) is 0 Å². The molecule has 1 unspecified atom stereocenters. The largest absolute Gasteiger partial charge is 0.338 e. The number of aromatic nitrogens is 1. The summed E-state index contributed by atoms with van der Waals surface area (Å²) in [6.45, 7) is 1.94. The number of nitrogens with zero attached hydrogens (tertiary/aromatic N) is 4. The van der Waals surface area contributed by atoms with Crippen LogP contribution in [0.1, 0.15) is 29.5 Å². The third kappa shape index (κ3) is 4.97. The first-order valence-electron chi connectivity index (χ1n) is 12.3. The molecule has 40 heavy (non-hydrogen) atoms. The van der Waals surface area contributed by atoms with Crippen molar-refractivity contribution in [1.29, 1.82) is 0 Å². The van der Waals surface area contributed by atoms with Crippen LogP contribution in [-0.4, -0.2) is 22.8 Å². The molecule has 0 saturated heterocycles. The number of hydrogen-bond acceptors (Lipinski definition) is 8. The number of nitrogens with two attached hydrogens (primary N) is 1. The van der Waals surface area contributed by atoms with Gasteiger partial charge >= 0.3 is 0 Å². The van der Waals surface area contributed by atoms with E-state index in [1.54, 1.807) is 31.2 Å². The van der Waals surface area contributed by atoms with Gasteiger partial charge in [-0.3, -0.25) is 30.4 Å². The fourth-order valence-corrected chi connectivity index (χ4v) is 5.92. The molecule has 0 bridgehead atoms. The van der Waals surface area contributed by atoms with Gasteiger partial charge in [0.15, 0.2) is 12.7 Å². The Morgan fingerprint density at radius 3 is 2.60 bits per heavy atom. The zero-order chi connectivity index (χ0) is 28.6. The average Bonchev–Trinajstić information content (AvgIpc) is 3.27. The molecule has 202 valence electrons. The van der Waals surface area contributed by atoms with E-state index in [9.17, 15) is 25.0 Å². The van der Waals surface area contributed by atoms with Crippen LogP contribution in [0, 0.1) is 20.2 Å². The number of pyridine rings is 1. The summed E-state index contributed by atoms with van der Waals surface area (Å²) in [7, 11) is 1.93. The van der Waals surface area contributed by atoms with Gasteiger partial charge in [0.25, 0.3) is 11.4 Å². The molecule has 3 N–H and O–H groups in total. The highest BCUT2D eigenvalue weighted by molar-refractivity contribution is 8.03. The first-order chi connectivity index (χ1) is 19.2. The molecular formula is C28H25N6O5S+. The van der Waals surface area contributed by atoms with E-state index in [0.717, 1.165) is 32.1 Å². The Kier molecular flexibility index (Phi) is 7.20. The fourth-order valence-electron chi connectivity index (χ4n) is 4.78. The monoisotopic (exact) mass is 557 g/mol. The van der Waals surface area contributed by atoms with E-state index in [1.807, 2.05) is 64.5 Å². The van der Waals surface area contributed by atoms with Crippen molar-refractivity contribution < 1.29 is 19.2 Å². The van der Waals surface area contributed by atoms with E-state index >= 15 is 0 Å². The summed E-state index contributed by atoms with van der Waals surface area (Å²) in [6.07, 6.45) is 3.98. The van der Waals surface area contributed by atoms with Crippen molar-refractivity contribution in [3.8, 4) is 0 Å². The maximum absolute atomic E-state index is 12.0.